The van der Waals surface area contributed by atoms with Crippen molar-refractivity contribution < 1.29 is 14.1 Å². The standard InChI is InChI=1S/C9H7FN2O3/c10-5-3-6-8(13)1-2-11-9(6)7(4-5)12(14)15/h3-4,11H,1-2H2. The first-order valence-corrected chi connectivity index (χ1v) is 4.34. The summed E-state index contributed by atoms with van der Waals surface area (Å²) in [4.78, 5) is 21.3. The number of nitro groups is 1. The van der Waals surface area contributed by atoms with E-state index in [1.165, 1.54) is 0 Å². The van der Waals surface area contributed by atoms with Crippen LogP contribution in [0.1, 0.15) is 16.8 Å². The van der Waals surface area contributed by atoms with Gasteiger partial charge in [0.2, 0.25) is 0 Å². The van der Waals surface area contributed by atoms with Gasteiger partial charge in [-0.05, 0) is 6.07 Å². The molecule has 0 radical (unpaired) electrons. The molecule has 0 unspecified atom stereocenters. The van der Waals surface area contributed by atoms with Crippen molar-refractivity contribution in [1.82, 2.24) is 0 Å². The molecule has 0 aromatic heterocycles. The van der Waals surface area contributed by atoms with Crippen LogP contribution in [-0.2, 0) is 0 Å². The maximum absolute atomic E-state index is 13.0. The van der Waals surface area contributed by atoms with Gasteiger partial charge in [-0.1, -0.05) is 0 Å². The third kappa shape index (κ3) is 1.54. The number of halogens is 1. The lowest BCUT2D eigenvalue weighted by atomic mass is 10.0. The van der Waals surface area contributed by atoms with Crippen LogP contribution in [0.4, 0.5) is 15.8 Å². The van der Waals surface area contributed by atoms with Gasteiger partial charge in [-0.2, -0.15) is 0 Å². The summed E-state index contributed by atoms with van der Waals surface area (Å²) in [6, 6.07) is 1.83. The third-order valence-electron chi connectivity index (χ3n) is 2.23. The van der Waals surface area contributed by atoms with Gasteiger partial charge >= 0.3 is 0 Å². The van der Waals surface area contributed by atoms with Gasteiger partial charge in [-0.15, -0.1) is 0 Å². The first-order valence-electron chi connectivity index (χ1n) is 4.34. The number of carbonyl (C=O) groups excluding carboxylic acids is 1. The topological polar surface area (TPSA) is 72.2 Å². The number of nitrogens with zero attached hydrogens (tertiary/aromatic N) is 1. The fourth-order valence-electron chi connectivity index (χ4n) is 1.58. The Morgan fingerprint density at radius 3 is 2.87 bits per heavy atom. The van der Waals surface area contributed by atoms with Gasteiger partial charge < -0.3 is 5.32 Å². The van der Waals surface area contributed by atoms with E-state index in [-0.39, 0.29) is 23.5 Å². The molecule has 0 fully saturated rings. The van der Waals surface area contributed by atoms with Crippen molar-refractivity contribution in [2.75, 3.05) is 11.9 Å². The van der Waals surface area contributed by atoms with Crippen LogP contribution in [0, 0.1) is 15.9 Å². The lowest BCUT2D eigenvalue weighted by Crippen LogP contribution is -2.19. The molecule has 1 aliphatic heterocycles. The quantitative estimate of drug-likeness (QED) is 0.566. The average Bonchev–Trinajstić information content (AvgIpc) is 2.18. The first kappa shape index (κ1) is 9.57. The molecule has 0 atom stereocenters. The van der Waals surface area contributed by atoms with E-state index < -0.39 is 16.4 Å². The van der Waals surface area contributed by atoms with Crippen molar-refractivity contribution >= 4 is 17.2 Å². The molecule has 0 saturated carbocycles. The second-order valence-electron chi connectivity index (χ2n) is 3.20. The number of nitro benzene ring substituents is 1. The van der Waals surface area contributed by atoms with E-state index in [0.717, 1.165) is 12.1 Å². The van der Waals surface area contributed by atoms with E-state index in [9.17, 15) is 19.3 Å². The number of hydrogen-bond acceptors (Lipinski definition) is 4. The monoisotopic (exact) mass is 210 g/mol. The van der Waals surface area contributed by atoms with E-state index in [2.05, 4.69) is 5.32 Å². The maximum Gasteiger partial charge on any atom is 0.295 e. The second-order valence-corrected chi connectivity index (χ2v) is 3.20. The highest BCUT2D eigenvalue weighted by atomic mass is 19.1. The molecule has 0 amide bonds. The second kappa shape index (κ2) is 3.30. The Morgan fingerprint density at radius 2 is 2.20 bits per heavy atom. The smallest absolute Gasteiger partial charge is 0.295 e. The Morgan fingerprint density at radius 1 is 1.47 bits per heavy atom. The van der Waals surface area contributed by atoms with Crippen molar-refractivity contribution in [2.45, 2.75) is 6.42 Å². The van der Waals surface area contributed by atoms with E-state index in [1.54, 1.807) is 0 Å². The van der Waals surface area contributed by atoms with Gasteiger partial charge in [0.15, 0.2) is 5.78 Å². The summed E-state index contributed by atoms with van der Waals surface area (Å²) in [6.45, 7) is 0.346. The third-order valence-corrected chi connectivity index (χ3v) is 2.23. The van der Waals surface area contributed by atoms with E-state index in [4.69, 9.17) is 0 Å². The fourth-order valence-corrected chi connectivity index (χ4v) is 1.58. The molecule has 0 aliphatic carbocycles. The number of ketones is 1. The van der Waals surface area contributed by atoms with Crippen LogP contribution in [-0.4, -0.2) is 17.3 Å². The highest BCUT2D eigenvalue weighted by molar-refractivity contribution is 6.04. The zero-order valence-electron chi connectivity index (χ0n) is 7.62. The predicted molar refractivity (Wildman–Crippen MR) is 50.5 cm³/mol. The van der Waals surface area contributed by atoms with Gasteiger partial charge in [-0.3, -0.25) is 14.9 Å². The minimum absolute atomic E-state index is 0.0629. The van der Waals surface area contributed by atoms with Gasteiger partial charge in [0, 0.05) is 13.0 Å². The lowest BCUT2D eigenvalue weighted by molar-refractivity contribution is -0.384. The molecular formula is C9H7FN2O3. The molecule has 1 aliphatic rings. The highest BCUT2D eigenvalue weighted by Gasteiger charge is 2.26. The molecule has 1 aromatic rings. The Balaban J connectivity index is 2.67. The number of rotatable bonds is 1. The van der Waals surface area contributed by atoms with E-state index in [0.29, 0.717) is 6.54 Å². The molecule has 1 aromatic carbocycles. The van der Waals surface area contributed by atoms with Crippen molar-refractivity contribution in [3.05, 3.63) is 33.6 Å². The molecule has 1 heterocycles. The van der Waals surface area contributed by atoms with Gasteiger partial charge in [-0.25, -0.2) is 4.39 Å². The molecule has 1 N–H and O–H groups in total. The van der Waals surface area contributed by atoms with E-state index >= 15 is 0 Å². The summed E-state index contributed by atoms with van der Waals surface area (Å²) in [5, 5.41) is 13.4. The number of anilines is 1. The summed E-state index contributed by atoms with van der Waals surface area (Å²) in [5.74, 6) is -1.04. The van der Waals surface area contributed by atoms with Crippen LogP contribution in [0.5, 0.6) is 0 Å². The normalized spacial score (nSPS) is 14.3. The van der Waals surface area contributed by atoms with Crippen LogP contribution < -0.4 is 5.32 Å². The molecule has 0 spiro atoms. The number of fused-ring (bicyclic) bond motifs is 1. The van der Waals surface area contributed by atoms with Crippen LogP contribution in [0.15, 0.2) is 12.1 Å². The summed E-state index contributed by atoms with van der Waals surface area (Å²) in [5.41, 5.74) is -0.205. The minimum Gasteiger partial charge on any atom is -0.378 e. The Kier molecular flexibility index (Phi) is 2.11. The lowest BCUT2D eigenvalue weighted by Gasteiger charge is -2.16. The largest absolute Gasteiger partial charge is 0.378 e. The molecule has 15 heavy (non-hydrogen) atoms. The van der Waals surface area contributed by atoms with Crippen molar-refractivity contribution in [2.24, 2.45) is 0 Å². The number of Topliss-reactive ketones (excluding diaryl/α,β-unsaturated/α-hetero) is 1. The van der Waals surface area contributed by atoms with Gasteiger partial charge in [0.05, 0.1) is 16.6 Å². The molecule has 0 saturated heterocycles. The highest BCUT2D eigenvalue weighted by Crippen LogP contribution is 2.32. The van der Waals surface area contributed by atoms with E-state index in [1.807, 2.05) is 0 Å². The zero-order valence-corrected chi connectivity index (χ0v) is 7.62. The molecule has 6 heteroatoms. The Labute approximate surface area is 84.1 Å². The van der Waals surface area contributed by atoms with Crippen LogP contribution in [0.25, 0.3) is 0 Å². The first-order chi connectivity index (χ1) is 7.09. The molecule has 5 nitrogen and oxygen atoms in total. The van der Waals surface area contributed by atoms with Crippen LogP contribution in [0.2, 0.25) is 0 Å². The molecule has 78 valence electrons. The summed E-state index contributed by atoms with van der Waals surface area (Å²) in [7, 11) is 0. The number of nitrogens with one attached hydrogen (secondary N) is 1. The zero-order chi connectivity index (χ0) is 11.0. The van der Waals surface area contributed by atoms with Gasteiger partial charge in [0.1, 0.15) is 11.5 Å². The number of carbonyl (C=O) groups is 1. The fraction of sp³-hybridized carbons (Fsp3) is 0.222. The number of hydrogen-bond donors (Lipinski definition) is 1. The Hall–Kier alpha value is -1.98. The molecular weight excluding hydrogens is 203 g/mol. The summed E-state index contributed by atoms with van der Waals surface area (Å²) in [6.07, 6.45) is 0.230. The molecule has 0 bridgehead atoms. The molecule has 2 rings (SSSR count). The van der Waals surface area contributed by atoms with Crippen molar-refractivity contribution in [3.63, 3.8) is 0 Å². The SMILES string of the molecule is O=C1CCNc2c1cc(F)cc2[N+](=O)[O-]. The van der Waals surface area contributed by atoms with Crippen LogP contribution >= 0.6 is 0 Å². The maximum atomic E-state index is 13.0. The van der Waals surface area contributed by atoms with Crippen LogP contribution in [0.3, 0.4) is 0 Å². The average molecular weight is 210 g/mol. The minimum atomic E-state index is -0.766. The predicted octanol–water partition coefficient (Wildman–Crippen LogP) is 1.73. The Bertz CT molecular complexity index is 442. The van der Waals surface area contributed by atoms with Gasteiger partial charge in [0.25, 0.3) is 5.69 Å². The number of benzene rings is 1. The van der Waals surface area contributed by atoms with Crippen molar-refractivity contribution in [3.8, 4) is 0 Å². The summed E-state index contributed by atoms with van der Waals surface area (Å²) < 4.78 is 13.0. The summed E-state index contributed by atoms with van der Waals surface area (Å²) >= 11 is 0. The van der Waals surface area contributed by atoms with Crippen molar-refractivity contribution in [1.29, 1.82) is 0 Å².